The number of carbonyl (C=O) groups excluding carboxylic acids is 1. The summed E-state index contributed by atoms with van der Waals surface area (Å²) < 4.78 is 1.86. The number of hydrogen-bond donors (Lipinski definition) is 2. The minimum Gasteiger partial charge on any atom is -0.394 e. The molecule has 0 saturated heterocycles. The van der Waals surface area contributed by atoms with Gasteiger partial charge >= 0.3 is 0 Å². The SMILES string of the molecule is CC(C)Cn1ncc2cc(C(=O)NC(CO)CC(C)(C)C)cnc21. The average Bonchev–Trinajstić information content (AvgIpc) is 2.86. The van der Waals surface area contributed by atoms with Crippen molar-refractivity contribution >= 4 is 16.9 Å². The molecule has 2 heterocycles. The van der Waals surface area contributed by atoms with E-state index in [-0.39, 0.29) is 24.0 Å². The molecule has 0 aromatic carbocycles. The maximum Gasteiger partial charge on any atom is 0.253 e. The molecule has 6 nitrogen and oxygen atoms in total. The molecular weight excluding hydrogens is 304 g/mol. The fourth-order valence-corrected chi connectivity index (χ4v) is 2.74. The van der Waals surface area contributed by atoms with Crippen LogP contribution in [0.4, 0.5) is 0 Å². The Morgan fingerprint density at radius 2 is 2.04 bits per heavy atom. The second kappa shape index (κ2) is 7.30. The fourth-order valence-electron chi connectivity index (χ4n) is 2.74. The zero-order chi connectivity index (χ0) is 17.9. The Bertz CT molecular complexity index is 701. The van der Waals surface area contributed by atoms with Crippen LogP contribution in [0.3, 0.4) is 0 Å². The summed E-state index contributed by atoms with van der Waals surface area (Å²) in [5.41, 5.74) is 1.30. The van der Waals surface area contributed by atoms with Gasteiger partial charge in [-0.15, -0.1) is 0 Å². The van der Waals surface area contributed by atoms with Crippen molar-refractivity contribution in [2.24, 2.45) is 11.3 Å². The molecule has 0 aliphatic carbocycles. The van der Waals surface area contributed by atoms with Gasteiger partial charge in [0.05, 0.1) is 24.4 Å². The highest BCUT2D eigenvalue weighted by molar-refractivity contribution is 5.96. The summed E-state index contributed by atoms with van der Waals surface area (Å²) in [7, 11) is 0. The number of nitrogens with one attached hydrogen (secondary N) is 1. The monoisotopic (exact) mass is 332 g/mol. The molecule has 2 N–H and O–H groups in total. The maximum atomic E-state index is 12.4. The molecule has 0 bridgehead atoms. The van der Waals surface area contributed by atoms with Crippen LogP contribution in [0.5, 0.6) is 0 Å². The molecule has 1 unspecified atom stereocenters. The van der Waals surface area contributed by atoms with Gasteiger partial charge in [-0.1, -0.05) is 34.6 Å². The van der Waals surface area contributed by atoms with Crippen molar-refractivity contribution in [3.05, 3.63) is 24.0 Å². The Balaban J connectivity index is 2.15. The van der Waals surface area contributed by atoms with E-state index in [1.807, 2.05) is 4.68 Å². The lowest BCUT2D eigenvalue weighted by atomic mass is 9.88. The van der Waals surface area contributed by atoms with E-state index >= 15 is 0 Å². The van der Waals surface area contributed by atoms with Crippen molar-refractivity contribution in [1.29, 1.82) is 0 Å². The number of amides is 1. The van der Waals surface area contributed by atoms with Crippen LogP contribution >= 0.6 is 0 Å². The molecule has 0 saturated carbocycles. The summed E-state index contributed by atoms with van der Waals surface area (Å²) in [5, 5.41) is 17.6. The van der Waals surface area contributed by atoms with E-state index in [0.29, 0.717) is 17.9 Å². The lowest BCUT2D eigenvalue weighted by Crippen LogP contribution is -2.40. The Morgan fingerprint density at radius 1 is 1.33 bits per heavy atom. The number of aromatic nitrogens is 3. The predicted octanol–water partition coefficient (Wildman–Crippen LogP) is 2.61. The molecule has 2 rings (SSSR count). The van der Waals surface area contributed by atoms with Crippen LogP contribution < -0.4 is 5.32 Å². The lowest BCUT2D eigenvalue weighted by Gasteiger charge is -2.25. The van der Waals surface area contributed by atoms with Crippen molar-refractivity contribution < 1.29 is 9.90 Å². The summed E-state index contributed by atoms with van der Waals surface area (Å²) in [6.07, 6.45) is 4.01. The Kier molecular flexibility index (Phi) is 5.59. The zero-order valence-electron chi connectivity index (χ0n) is 15.2. The standard InChI is InChI=1S/C18H28N4O2/c1-12(2)10-22-16-13(9-20-22)6-14(8-19-16)17(24)21-15(11-23)7-18(3,4)5/h6,8-9,12,15,23H,7,10-11H2,1-5H3,(H,21,24). The van der Waals surface area contributed by atoms with E-state index in [0.717, 1.165) is 17.6 Å². The first kappa shape index (κ1) is 18.4. The zero-order valence-corrected chi connectivity index (χ0v) is 15.2. The second-order valence-corrected chi connectivity index (χ2v) is 7.98. The molecule has 2 aromatic rings. The summed E-state index contributed by atoms with van der Waals surface area (Å²) in [5.74, 6) is 0.255. The third kappa shape index (κ3) is 4.77. The third-order valence-electron chi connectivity index (χ3n) is 3.69. The van der Waals surface area contributed by atoms with E-state index in [1.165, 1.54) is 0 Å². The number of rotatable bonds is 6. The molecule has 0 fully saturated rings. The van der Waals surface area contributed by atoms with Gasteiger partial charge in [0.1, 0.15) is 0 Å². The van der Waals surface area contributed by atoms with E-state index in [2.05, 4.69) is 50.0 Å². The second-order valence-electron chi connectivity index (χ2n) is 7.98. The Labute approximate surface area is 143 Å². The number of carbonyl (C=O) groups is 1. The molecule has 0 aliphatic heterocycles. The number of nitrogens with zero attached hydrogens (tertiary/aromatic N) is 3. The third-order valence-corrected chi connectivity index (χ3v) is 3.69. The van der Waals surface area contributed by atoms with Crippen molar-refractivity contribution in [2.45, 2.75) is 53.6 Å². The molecule has 1 atom stereocenters. The van der Waals surface area contributed by atoms with E-state index in [4.69, 9.17) is 0 Å². The number of fused-ring (bicyclic) bond motifs is 1. The minimum atomic E-state index is -0.267. The summed E-state index contributed by atoms with van der Waals surface area (Å²) >= 11 is 0. The van der Waals surface area contributed by atoms with E-state index < -0.39 is 0 Å². The average molecular weight is 332 g/mol. The van der Waals surface area contributed by atoms with Gasteiger partial charge in [-0.2, -0.15) is 5.10 Å². The summed E-state index contributed by atoms with van der Waals surface area (Å²) in [6, 6.07) is 1.53. The van der Waals surface area contributed by atoms with Gasteiger partial charge in [0.15, 0.2) is 5.65 Å². The first-order chi connectivity index (χ1) is 11.2. The fraction of sp³-hybridized carbons (Fsp3) is 0.611. The molecule has 1 amide bonds. The highest BCUT2D eigenvalue weighted by Crippen LogP contribution is 2.21. The normalized spacial score (nSPS) is 13.5. The van der Waals surface area contributed by atoms with Gasteiger partial charge in [0, 0.05) is 18.1 Å². The van der Waals surface area contributed by atoms with Crippen LogP contribution in [0.1, 0.15) is 51.4 Å². The van der Waals surface area contributed by atoms with Crippen LogP contribution in [0.2, 0.25) is 0 Å². The topological polar surface area (TPSA) is 80.0 Å². The molecule has 2 aromatic heterocycles. The molecule has 132 valence electrons. The Hall–Kier alpha value is -1.95. The van der Waals surface area contributed by atoms with Crippen molar-refractivity contribution in [3.8, 4) is 0 Å². The van der Waals surface area contributed by atoms with E-state index in [1.54, 1.807) is 18.5 Å². The highest BCUT2D eigenvalue weighted by Gasteiger charge is 2.21. The maximum absolute atomic E-state index is 12.4. The highest BCUT2D eigenvalue weighted by atomic mass is 16.3. The number of aliphatic hydroxyl groups is 1. The predicted molar refractivity (Wildman–Crippen MR) is 94.8 cm³/mol. The first-order valence-corrected chi connectivity index (χ1v) is 8.43. The minimum absolute atomic E-state index is 0.0286. The number of aliphatic hydroxyl groups excluding tert-OH is 1. The molecule has 0 spiro atoms. The molecule has 6 heteroatoms. The summed E-state index contributed by atoms with van der Waals surface area (Å²) in [6.45, 7) is 11.2. The number of hydrogen-bond acceptors (Lipinski definition) is 4. The first-order valence-electron chi connectivity index (χ1n) is 8.43. The van der Waals surface area contributed by atoms with Crippen LogP contribution in [0.25, 0.3) is 11.0 Å². The van der Waals surface area contributed by atoms with Crippen molar-refractivity contribution in [3.63, 3.8) is 0 Å². The van der Waals surface area contributed by atoms with Crippen molar-refractivity contribution in [2.75, 3.05) is 6.61 Å². The molecular formula is C18H28N4O2. The smallest absolute Gasteiger partial charge is 0.253 e. The van der Waals surface area contributed by atoms with Gasteiger partial charge in [-0.3, -0.25) is 4.79 Å². The van der Waals surface area contributed by atoms with Crippen LogP contribution in [0.15, 0.2) is 18.5 Å². The van der Waals surface area contributed by atoms with Crippen molar-refractivity contribution in [1.82, 2.24) is 20.1 Å². The molecule has 24 heavy (non-hydrogen) atoms. The van der Waals surface area contributed by atoms with Crippen LogP contribution in [-0.2, 0) is 6.54 Å². The molecule has 0 radical (unpaired) electrons. The van der Waals surface area contributed by atoms with Gasteiger partial charge in [-0.25, -0.2) is 9.67 Å². The van der Waals surface area contributed by atoms with Crippen LogP contribution in [0, 0.1) is 11.3 Å². The Morgan fingerprint density at radius 3 is 2.62 bits per heavy atom. The van der Waals surface area contributed by atoms with Gasteiger partial charge < -0.3 is 10.4 Å². The molecule has 0 aliphatic rings. The van der Waals surface area contributed by atoms with Crippen LogP contribution in [-0.4, -0.2) is 38.4 Å². The summed E-state index contributed by atoms with van der Waals surface area (Å²) in [4.78, 5) is 16.8. The number of pyridine rings is 1. The van der Waals surface area contributed by atoms with E-state index in [9.17, 15) is 9.90 Å². The van der Waals surface area contributed by atoms with Gasteiger partial charge in [0.25, 0.3) is 5.91 Å². The lowest BCUT2D eigenvalue weighted by molar-refractivity contribution is 0.0897. The van der Waals surface area contributed by atoms with Gasteiger partial charge in [-0.05, 0) is 23.8 Å². The largest absolute Gasteiger partial charge is 0.394 e. The quantitative estimate of drug-likeness (QED) is 0.852. The van der Waals surface area contributed by atoms with Gasteiger partial charge in [0.2, 0.25) is 0 Å².